The molecule has 0 saturated heterocycles. The number of methoxy groups -OCH3 is 1. The van der Waals surface area contributed by atoms with Gasteiger partial charge in [-0.3, -0.25) is 9.69 Å². The molecular weight excluding hydrogens is 388 g/mol. The van der Waals surface area contributed by atoms with Gasteiger partial charge in [0.2, 0.25) is 0 Å². The molecular formula is C26H24N2O3. The first-order valence-electron chi connectivity index (χ1n) is 10.1. The third-order valence-electron chi connectivity index (χ3n) is 5.59. The van der Waals surface area contributed by atoms with Gasteiger partial charge in [-0.2, -0.15) is 0 Å². The molecule has 0 bridgehead atoms. The van der Waals surface area contributed by atoms with Crippen LogP contribution in [-0.4, -0.2) is 23.6 Å². The molecule has 3 aromatic rings. The maximum absolute atomic E-state index is 13.4. The van der Waals surface area contributed by atoms with Crippen molar-refractivity contribution in [1.29, 1.82) is 0 Å². The number of anilines is 1. The molecule has 0 saturated carbocycles. The van der Waals surface area contributed by atoms with Crippen molar-refractivity contribution in [2.75, 3.05) is 12.0 Å². The molecule has 0 unspecified atom stereocenters. The van der Waals surface area contributed by atoms with Gasteiger partial charge in [0.1, 0.15) is 0 Å². The number of hydrogen-bond acceptors (Lipinski definition) is 3. The van der Waals surface area contributed by atoms with E-state index in [9.17, 15) is 9.59 Å². The van der Waals surface area contributed by atoms with E-state index < -0.39 is 5.97 Å². The fraction of sp³-hybridized carbons (Fsp3) is 0.154. The lowest BCUT2D eigenvalue weighted by molar-refractivity contribution is -0.136. The molecule has 1 aliphatic rings. The van der Waals surface area contributed by atoms with Crippen LogP contribution in [-0.2, 0) is 14.3 Å². The monoisotopic (exact) mass is 412 g/mol. The zero-order valence-corrected chi connectivity index (χ0v) is 18.0. The number of esters is 1. The number of aryl methyl sites for hydroxylation is 1. The Kier molecular flexibility index (Phi) is 5.34. The lowest BCUT2D eigenvalue weighted by atomic mass is 10.0. The van der Waals surface area contributed by atoms with Gasteiger partial charge in [-0.25, -0.2) is 4.79 Å². The molecule has 0 atom stereocenters. The Bertz CT molecular complexity index is 1220. The summed E-state index contributed by atoms with van der Waals surface area (Å²) < 4.78 is 7.15. The molecule has 1 aromatic heterocycles. The predicted octanol–water partition coefficient (Wildman–Crippen LogP) is 4.97. The first-order chi connectivity index (χ1) is 14.9. The van der Waals surface area contributed by atoms with Crippen LogP contribution in [0.1, 0.15) is 23.9 Å². The molecule has 2 heterocycles. The lowest BCUT2D eigenvalue weighted by Crippen LogP contribution is -2.24. The van der Waals surface area contributed by atoms with Crippen LogP contribution in [0.3, 0.4) is 0 Å². The Hall–Kier alpha value is -3.86. The van der Waals surface area contributed by atoms with Gasteiger partial charge in [-0.15, -0.1) is 0 Å². The number of ether oxygens (including phenoxy) is 1. The van der Waals surface area contributed by atoms with E-state index in [1.165, 1.54) is 7.11 Å². The molecule has 156 valence electrons. The topological polar surface area (TPSA) is 51.5 Å². The van der Waals surface area contributed by atoms with E-state index in [0.29, 0.717) is 22.5 Å². The summed E-state index contributed by atoms with van der Waals surface area (Å²) in [5.41, 5.74) is 5.86. The molecule has 0 fully saturated rings. The molecule has 0 N–H and O–H groups in total. The SMILES string of the molecule is COC(=O)C1=C(C)N(c2ccccc2)C(=O)/C1=C/c1cc(C)n(-c2ccccc2)c1C. The highest BCUT2D eigenvalue weighted by atomic mass is 16.5. The third-order valence-corrected chi connectivity index (χ3v) is 5.59. The van der Waals surface area contributed by atoms with Gasteiger partial charge < -0.3 is 9.30 Å². The molecule has 2 aromatic carbocycles. The summed E-state index contributed by atoms with van der Waals surface area (Å²) in [4.78, 5) is 27.6. The van der Waals surface area contributed by atoms with Crippen LogP contribution in [0, 0.1) is 13.8 Å². The molecule has 0 radical (unpaired) electrons. The maximum atomic E-state index is 13.4. The highest BCUT2D eigenvalue weighted by Gasteiger charge is 2.38. The summed E-state index contributed by atoms with van der Waals surface area (Å²) in [7, 11) is 1.33. The van der Waals surface area contributed by atoms with Crippen molar-refractivity contribution in [3.05, 3.63) is 101 Å². The Balaban J connectivity index is 1.85. The van der Waals surface area contributed by atoms with E-state index in [-0.39, 0.29) is 5.91 Å². The van der Waals surface area contributed by atoms with Gasteiger partial charge in [0.05, 0.1) is 18.3 Å². The van der Waals surface area contributed by atoms with Crippen LogP contribution < -0.4 is 4.90 Å². The average molecular weight is 412 g/mol. The second-order valence-electron chi connectivity index (χ2n) is 7.48. The van der Waals surface area contributed by atoms with Gasteiger partial charge in [0.15, 0.2) is 0 Å². The van der Waals surface area contributed by atoms with Crippen LogP contribution in [0.2, 0.25) is 0 Å². The highest BCUT2D eigenvalue weighted by Crippen LogP contribution is 2.36. The van der Waals surface area contributed by atoms with E-state index in [2.05, 4.69) is 4.57 Å². The number of hydrogen-bond donors (Lipinski definition) is 0. The molecule has 5 heteroatoms. The number of carbonyl (C=O) groups excluding carboxylic acids is 2. The van der Waals surface area contributed by atoms with Crippen molar-refractivity contribution in [2.45, 2.75) is 20.8 Å². The zero-order chi connectivity index (χ0) is 22.1. The number of allylic oxidation sites excluding steroid dienone is 1. The summed E-state index contributed by atoms with van der Waals surface area (Å²) in [5.74, 6) is -0.763. The van der Waals surface area contributed by atoms with Crippen LogP contribution in [0.5, 0.6) is 0 Å². The van der Waals surface area contributed by atoms with Crippen molar-refractivity contribution in [3.63, 3.8) is 0 Å². The lowest BCUT2D eigenvalue weighted by Gasteiger charge is -2.17. The Morgan fingerprint density at radius 1 is 0.903 bits per heavy atom. The Morgan fingerprint density at radius 2 is 1.48 bits per heavy atom. The predicted molar refractivity (Wildman–Crippen MR) is 122 cm³/mol. The number of aromatic nitrogens is 1. The fourth-order valence-corrected chi connectivity index (χ4v) is 4.13. The van der Waals surface area contributed by atoms with E-state index in [1.807, 2.05) is 80.6 Å². The zero-order valence-electron chi connectivity index (χ0n) is 18.0. The quantitative estimate of drug-likeness (QED) is 0.449. The first kappa shape index (κ1) is 20.4. The minimum Gasteiger partial charge on any atom is -0.465 e. The van der Waals surface area contributed by atoms with E-state index >= 15 is 0 Å². The van der Waals surface area contributed by atoms with E-state index in [1.54, 1.807) is 17.9 Å². The van der Waals surface area contributed by atoms with Gasteiger partial charge in [-0.1, -0.05) is 36.4 Å². The average Bonchev–Trinajstić information content (AvgIpc) is 3.20. The number of rotatable bonds is 4. The second-order valence-corrected chi connectivity index (χ2v) is 7.48. The number of carbonyl (C=O) groups is 2. The smallest absolute Gasteiger partial charge is 0.340 e. The number of benzene rings is 2. The first-order valence-corrected chi connectivity index (χ1v) is 10.1. The molecule has 0 aliphatic carbocycles. The molecule has 5 nitrogen and oxygen atoms in total. The maximum Gasteiger partial charge on any atom is 0.340 e. The summed E-state index contributed by atoms with van der Waals surface area (Å²) >= 11 is 0. The summed E-state index contributed by atoms with van der Waals surface area (Å²) in [6, 6.07) is 21.4. The molecule has 1 amide bonds. The van der Waals surface area contributed by atoms with Gasteiger partial charge in [-0.05, 0) is 62.7 Å². The summed E-state index contributed by atoms with van der Waals surface area (Å²) in [6.07, 6.45) is 1.79. The van der Waals surface area contributed by atoms with Crippen molar-refractivity contribution in [1.82, 2.24) is 4.57 Å². The largest absolute Gasteiger partial charge is 0.465 e. The third kappa shape index (κ3) is 3.48. The molecule has 31 heavy (non-hydrogen) atoms. The molecule has 0 spiro atoms. The minimum atomic E-state index is -0.521. The normalized spacial score (nSPS) is 15.2. The van der Waals surface area contributed by atoms with Crippen LogP contribution in [0.4, 0.5) is 5.69 Å². The summed E-state index contributed by atoms with van der Waals surface area (Å²) in [5, 5.41) is 0. The minimum absolute atomic E-state index is 0.242. The van der Waals surface area contributed by atoms with Crippen LogP contribution in [0.25, 0.3) is 11.8 Å². The van der Waals surface area contributed by atoms with Crippen molar-refractivity contribution in [2.24, 2.45) is 0 Å². The van der Waals surface area contributed by atoms with Crippen molar-refractivity contribution in [3.8, 4) is 5.69 Å². The Morgan fingerprint density at radius 3 is 2.06 bits per heavy atom. The number of amides is 1. The van der Waals surface area contributed by atoms with E-state index in [0.717, 1.165) is 22.6 Å². The van der Waals surface area contributed by atoms with Crippen molar-refractivity contribution < 1.29 is 14.3 Å². The Labute approximate surface area is 181 Å². The second kappa shape index (κ2) is 8.11. The van der Waals surface area contributed by atoms with Gasteiger partial charge in [0.25, 0.3) is 5.91 Å². The fourth-order valence-electron chi connectivity index (χ4n) is 4.13. The van der Waals surface area contributed by atoms with Crippen LogP contribution >= 0.6 is 0 Å². The van der Waals surface area contributed by atoms with Gasteiger partial charge >= 0.3 is 5.97 Å². The van der Waals surface area contributed by atoms with Crippen molar-refractivity contribution >= 4 is 23.6 Å². The van der Waals surface area contributed by atoms with Gasteiger partial charge in [0, 0.05) is 28.5 Å². The highest BCUT2D eigenvalue weighted by molar-refractivity contribution is 6.23. The standard InChI is InChI=1S/C26H24N2O3/c1-17-15-20(18(2)27(17)21-11-7-5-8-12-21)16-23-24(26(30)31-4)19(3)28(25(23)29)22-13-9-6-10-14-22/h5-16H,1-4H3/b23-16+. The number of nitrogens with zero attached hydrogens (tertiary/aromatic N) is 2. The molecule has 4 rings (SSSR count). The van der Waals surface area contributed by atoms with Crippen LogP contribution in [0.15, 0.2) is 83.6 Å². The van der Waals surface area contributed by atoms with E-state index in [4.69, 9.17) is 4.74 Å². The molecule has 1 aliphatic heterocycles. The number of para-hydroxylation sites is 2. The summed E-state index contributed by atoms with van der Waals surface area (Å²) in [6.45, 7) is 5.80.